The van der Waals surface area contributed by atoms with E-state index in [0.717, 1.165) is 25.1 Å². The van der Waals surface area contributed by atoms with Gasteiger partial charge in [-0.2, -0.15) is 0 Å². The van der Waals surface area contributed by atoms with Crippen LogP contribution in [0.2, 0.25) is 0 Å². The van der Waals surface area contributed by atoms with Gasteiger partial charge in [0.1, 0.15) is 12.5 Å². The maximum absolute atomic E-state index is 6.12. The third-order valence-corrected chi connectivity index (χ3v) is 7.14. The molecule has 0 radical (unpaired) electrons. The molecule has 0 aliphatic carbocycles. The fourth-order valence-electron chi connectivity index (χ4n) is 5.15. The monoisotopic (exact) mass is 505 g/mol. The number of rotatable bonds is 10. The second-order valence-corrected chi connectivity index (χ2v) is 11.3. The second kappa shape index (κ2) is 11.7. The minimum atomic E-state index is -0.182. The number of ether oxygens (including phenoxy) is 3. The molecule has 0 N–H and O–H groups in total. The average Bonchev–Trinajstić information content (AvgIpc) is 3.18. The molecule has 0 saturated heterocycles. The highest BCUT2D eigenvalue weighted by Crippen LogP contribution is 2.39. The largest absolute Gasteiger partial charge is 0.497 e. The Bertz CT molecular complexity index is 1210. The molecule has 0 spiro atoms. The van der Waals surface area contributed by atoms with Crippen molar-refractivity contribution < 1.29 is 14.2 Å². The van der Waals surface area contributed by atoms with Crippen molar-refractivity contribution in [3.63, 3.8) is 0 Å². The molecule has 2 atom stereocenters. The minimum absolute atomic E-state index is 0.0999. The SMILES string of the molecule is COCn1c2c(c3ccccc31)CCN(C=N[C@H](COC(C)(C)C)C(C)C)[C@@H]2Cc1cccc(OC)c1. The molecule has 0 unspecified atom stereocenters. The summed E-state index contributed by atoms with van der Waals surface area (Å²) in [5, 5.41) is 1.32. The number of methoxy groups -OCH3 is 2. The normalized spacial score (nSPS) is 17.1. The van der Waals surface area contributed by atoms with Crippen molar-refractivity contribution in [2.75, 3.05) is 27.4 Å². The van der Waals surface area contributed by atoms with Crippen LogP contribution in [-0.4, -0.2) is 54.8 Å². The summed E-state index contributed by atoms with van der Waals surface area (Å²) < 4.78 is 19.7. The van der Waals surface area contributed by atoms with E-state index < -0.39 is 0 Å². The molecule has 2 heterocycles. The van der Waals surface area contributed by atoms with Crippen molar-refractivity contribution in [3.8, 4) is 5.75 Å². The molecule has 200 valence electrons. The van der Waals surface area contributed by atoms with Gasteiger partial charge in [0.25, 0.3) is 0 Å². The first-order chi connectivity index (χ1) is 17.7. The Morgan fingerprint density at radius 1 is 1.08 bits per heavy atom. The van der Waals surface area contributed by atoms with E-state index in [9.17, 15) is 0 Å². The summed E-state index contributed by atoms with van der Waals surface area (Å²) in [5.74, 6) is 1.26. The van der Waals surface area contributed by atoms with E-state index in [-0.39, 0.29) is 17.7 Å². The quantitative estimate of drug-likeness (QED) is 0.241. The Balaban J connectivity index is 1.74. The summed E-state index contributed by atoms with van der Waals surface area (Å²) in [4.78, 5) is 7.50. The average molecular weight is 506 g/mol. The van der Waals surface area contributed by atoms with Crippen LogP contribution in [0.1, 0.15) is 57.5 Å². The predicted molar refractivity (Wildman–Crippen MR) is 152 cm³/mol. The summed E-state index contributed by atoms with van der Waals surface area (Å²) in [6.07, 6.45) is 3.90. The number of hydrogen-bond acceptors (Lipinski definition) is 4. The Morgan fingerprint density at radius 2 is 1.86 bits per heavy atom. The highest BCUT2D eigenvalue weighted by Gasteiger charge is 2.32. The molecule has 0 amide bonds. The van der Waals surface area contributed by atoms with Crippen LogP contribution in [0.3, 0.4) is 0 Å². The van der Waals surface area contributed by atoms with Gasteiger partial charge in [0, 0.05) is 24.7 Å². The third kappa shape index (κ3) is 6.36. The fraction of sp³-hybridized carbons (Fsp3) is 0.516. The molecule has 0 bridgehead atoms. The van der Waals surface area contributed by atoms with Gasteiger partial charge in [-0.05, 0) is 68.9 Å². The van der Waals surface area contributed by atoms with E-state index >= 15 is 0 Å². The van der Waals surface area contributed by atoms with Crippen LogP contribution < -0.4 is 4.74 Å². The first-order valence-electron chi connectivity index (χ1n) is 13.4. The van der Waals surface area contributed by atoms with Crippen molar-refractivity contribution in [2.45, 2.75) is 71.9 Å². The van der Waals surface area contributed by atoms with Crippen LogP contribution in [0.15, 0.2) is 53.5 Å². The molecule has 1 aliphatic heterocycles. The molecule has 1 aromatic heterocycles. The van der Waals surface area contributed by atoms with Gasteiger partial charge in [-0.3, -0.25) is 4.99 Å². The third-order valence-electron chi connectivity index (χ3n) is 7.14. The Labute approximate surface area is 222 Å². The predicted octanol–water partition coefficient (Wildman–Crippen LogP) is 6.26. The number of benzene rings is 2. The lowest BCUT2D eigenvalue weighted by Gasteiger charge is -2.36. The van der Waals surface area contributed by atoms with Crippen LogP contribution in [0.5, 0.6) is 5.75 Å². The molecule has 6 heteroatoms. The van der Waals surface area contributed by atoms with Gasteiger partial charge < -0.3 is 23.7 Å². The lowest BCUT2D eigenvalue weighted by molar-refractivity contribution is -0.0145. The number of nitrogens with zero attached hydrogens (tertiary/aromatic N) is 3. The molecular weight excluding hydrogens is 462 g/mol. The van der Waals surface area contributed by atoms with Crippen LogP contribution in [0.4, 0.5) is 0 Å². The number of para-hydroxylation sites is 1. The van der Waals surface area contributed by atoms with Gasteiger partial charge >= 0.3 is 0 Å². The van der Waals surface area contributed by atoms with E-state index in [4.69, 9.17) is 19.2 Å². The van der Waals surface area contributed by atoms with Crippen molar-refractivity contribution in [2.24, 2.45) is 10.9 Å². The van der Waals surface area contributed by atoms with Crippen LogP contribution >= 0.6 is 0 Å². The molecular formula is C31H43N3O3. The van der Waals surface area contributed by atoms with Gasteiger partial charge in [0.15, 0.2) is 0 Å². The molecule has 1 aliphatic rings. The van der Waals surface area contributed by atoms with E-state index in [0.29, 0.717) is 19.3 Å². The molecule has 2 aromatic carbocycles. The Kier molecular flexibility index (Phi) is 8.60. The second-order valence-electron chi connectivity index (χ2n) is 11.3. The summed E-state index contributed by atoms with van der Waals surface area (Å²) >= 11 is 0. The van der Waals surface area contributed by atoms with Gasteiger partial charge in [-0.25, -0.2) is 0 Å². The summed E-state index contributed by atoms with van der Waals surface area (Å²) in [5.41, 5.74) is 5.01. The van der Waals surface area contributed by atoms with Gasteiger partial charge in [0.05, 0.1) is 43.3 Å². The minimum Gasteiger partial charge on any atom is -0.497 e. The molecule has 3 aromatic rings. The molecule has 0 saturated carbocycles. The fourth-order valence-corrected chi connectivity index (χ4v) is 5.15. The van der Waals surface area contributed by atoms with Crippen molar-refractivity contribution in [3.05, 3.63) is 65.4 Å². The molecule has 4 rings (SSSR count). The number of fused-ring (bicyclic) bond motifs is 3. The topological polar surface area (TPSA) is 48.2 Å². The van der Waals surface area contributed by atoms with Crippen LogP contribution in [-0.2, 0) is 29.0 Å². The summed E-state index contributed by atoms with van der Waals surface area (Å²) in [7, 11) is 3.49. The molecule has 37 heavy (non-hydrogen) atoms. The zero-order chi connectivity index (χ0) is 26.6. The van der Waals surface area contributed by atoms with E-state index in [2.05, 4.69) is 92.9 Å². The highest BCUT2D eigenvalue weighted by molar-refractivity contribution is 5.86. The van der Waals surface area contributed by atoms with Crippen molar-refractivity contribution >= 4 is 17.2 Å². The lowest BCUT2D eigenvalue weighted by atomic mass is 9.93. The Hall–Kier alpha value is -2.83. The van der Waals surface area contributed by atoms with Crippen molar-refractivity contribution in [1.82, 2.24) is 9.47 Å². The zero-order valence-electron chi connectivity index (χ0n) is 23.5. The van der Waals surface area contributed by atoms with E-state index in [1.165, 1.54) is 27.7 Å². The zero-order valence-corrected chi connectivity index (χ0v) is 23.5. The lowest BCUT2D eigenvalue weighted by Crippen LogP contribution is -2.38. The first kappa shape index (κ1) is 27.2. The maximum atomic E-state index is 6.12. The summed E-state index contributed by atoms with van der Waals surface area (Å²) in [6.45, 7) is 12.8. The maximum Gasteiger partial charge on any atom is 0.122 e. The summed E-state index contributed by atoms with van der Waals surface area (Å²) in [6, 6.07) is 17.3. The number of hydrogen-bond donors (Lipinski definition) is 0. The highest BCUT2D eigenvalue weighted by atomic mass is 16.5. The van der Waals surface area contributed by atoms with Crippen LogP contribution in [0, 0.1) is 5.92 Å². The number of aromatic nitrogens is 1. The smallest absolute Gasteiger partial charge is 0.122 e. The van der Waals surface area contributed by atoms with Gasteiger partial charge in [-0.1, -0.05) is 44.2 Å². The molecule has 6 nitrogen and oxygen atoms in total. The number of aliphatic imine (C=N–C) groups is 1. The van der Waals surface area contributed by atoms with Crippen molar-refractivity contribution in [1.29, 1.82) is 0 Å². The molecule has 0 fully saturated rings. The van der Waals surface area contributed by atoms with Crippen LogP contribution in [0.25, 0.3) is 10.9 Å². The first-order valence-corrected chi connectivity index (χ1v) is 13.4. The standard InChI is InChI=1S/C31H43N3O3/c1-22(2)27(19-37-31(3,4)5)32-20-33-16-15-26-25-13-8-9-14-28(25)34(21-35-6)30(26)29(33)18-23-11-10-12-24(17-23)36-7/h8-14,17,20,22,27,29H,15-16,18-19,21H2,1-7H3/t27-,29-/m1/s1. The Morgan fingerprint density at radius 3 is 2.57 bits per heavy atom. The van der Waals surface area contributed by atoms with E-state index in [1.54, 1.807) is 14.2 Å². The van der Waals surface area contributed by atoms with E-state index in [1.807, 2.05) is 6.07 Å². The van der Waals surface area contributed by atoms with Gasteiger partial charge in [-0.15, -0.1) is 0 Å². The van der Waals surface area contributed by atoms with Gasteiger partial charge in [0.2, 0.25) is 0 Å².